The van der Waals surface area contributed by atoms with Gasteiger partial charge in [0.05, 0.1) is 7.11 Å². The number of carbonyl (C=O) groups excluding carboxylic acids is 1. The number of carbonyl (C=O) groups is 1. The summed E-state index contributed by atoms with van der Waals surface area (Å²) < 4.78 is 21.7. The first-order chi connectivity index (χ1) is 18.6. The molecule has 1 heterocycles. The summed E-state index contributed by atoms with van der Waals surface area (Å²) in [6, 6.07) is 18.0. The van der Waals surface area contributed by atoms with Crippen LogP contribution in [-0.4, -0.2) is 33.5 Å². The zero-order chi connectivity index (χ0) is 26.6. The molecule has 1 amide bonds. The summed E-state index contributed by atoms with van der Waals surface area (Å²) >= 11 is 1.55. The molecule has 0 saturated carbocycles. The van der Waals surface area contributed by atoms with Crippen LogP contribution < -0.4 is 10.1 Å². The number of thioether (sulfide) groups is 1. The molecule has 0 aliphatic heterocycles. The highest BCUT2D eigenvalue weighted by atomic mass is 32.2. The molecule has 0 spiro atoms. The summed E-state index contributed by atoms with van der Waals surface area (Å²) in [7, 11) is 1.63. The predicted octanol–water partition coefficient (Wildman–Crippen LogP) is 6.22. The van der Waals surface area contributed by atoms with Crippen molar-refractivity contribution in [3.05, 3.63) is 95.1 Å². The maximum Gasteiger partial charge on any atom is 0.220 e. The number of amides is 1. The zero-order valence-electron chi connectivity index (χ0n) is 21.9. The van der Waals surface area contributed by atoms with Gasteiger partial charge in [0.2, 0.25) is 5.91 Å². The standard InChI is InChI=1S/C30H35FN4O2S/c1-37-27-16-8-6-13-24(27)21-32-29(36)18-10-9-17-28-33-34-30(38-22-25-14-5-7-15-26(25)31)35(28)20-19-23-11-3-2-4-12-23/h2-4,6-8,11-13,15-16H,5,9-10,14,17-22H2,1H3,(H,32,36). The second-order valence-electron chi connectivity index (χ2n) is 9.26. The molecule has 3 aromatic rings. The van der Waals surface area contributed by atoms with Gasteiger partial charge in [-0.05, 0) is 55.4 Å². The Morgan fingerprint density at radius 3 is 2.71 bits per heavy atom. The lowest BCUT2D eigenvalue weighted by Crippen LogP contribution is -2.22. The molecule has 1 aliphatic carbocycles. The predicted molar refractivity (Wildman–Crippen MR) is 150 cm³/mol. The number of rotatable bonds is 14. The van der Waals surface area contributed by atoms with E-state index in [4.69, 9.17) is 4.74 Å². The van der Waals surface area contributed by atoms with E-state index in [1.807, 2.05) is 48.5 Å². The van der Waals surface area contributed by atoms with Gasteiger partial charge in [-0.1, -0.05) is 66.4 Å². The van der Waals surface area contributed by atoms with Crippen molar-refractivity contribution in [3.63, 3.8) is 0 Å². The third-order valence-corrected chi connectivity index (χ3v) is 7.63. The summed E-state index contributed by atoms with van der Waals surface area (Å²) in [6.07, 6.45) is 8.72. The second kappa shape index (κ2) is 14.5. The van der Waals surface area contributed by atoms with Crippen LogP contribution in [0.5, 0.6) is 5.75 Å². The number of methoxy groups -OCH3 is 1. The quantitative estimate of drug-likeness (QED) is 0.196. The fourth-order valence-corrected chi connectivity index (χ4v) is 5.43. The van der Waals surface area contributed by atoms with Gasteiger partial charge in [0, 0.05) is 37.2 Å². The average molecular weight is 535 g/mol. The fraction of sp³-hybridized carbons (Fsp3) is 0.367. The van der Waals surface area contributed by atoms with Gasteiger partial charge in [-0.2, -0.15) is 0 Å². The Labute approximate surface area is 228 Å². The van der Waals surface area contributed by atoms with Gasteiger partial charge < -0.3 is 14.6 Å². The summed E-state index contributed by atoms with van der Waals surface area (Å²) in [5, 5.41) is 12.7. The average Bonchev–Trinajstić information content (AvgIpc) is 3.34. The highest BCUT2D eigenvalue weighted by Crippen LogP contribution is 2.28. The van der Waals surface area contributed by atoms with Gasteiger partial charge in [0.1, 0.15) is 17.4 Å². The molecule has 0 bridgehead atoms. The molecule has 8 heteroatoms. The molecule has 0 atom stereocenters. The molecule has 2 aromatic carbocycles. The zero-order valence-corrected chi connectivity index (χ0v) is 22.7. The molecule has 4 rings (SSSR count). The van der Waals surface area contributed by atoms with E-state index in [0.717, 1.165) is 72.9 Å². The minimum Gasteiger partial charge on any atom is -0.496 e. The summed E-state index contributed by atoms with van der Waals surface area (Å²) in [5.74, 6) is 2.16. The van der Waals surface area contributed by atoms with Gasteiger partial charge >= 0.3 is 0 Å². The lowest BCUT2D eigenvalue weighted by Gasteiger charge is -2.13. The molecule has 6 nitrogen and oxygen atoms in total. The lowest BCUT2D eigenvalue weighted by atomic mass is 10.1. The van der Waals surface area contributed by atoms with E-state index in [2.05, 4.69) is 32.2 Å². The Kier molecular flexibility index (Phi) is 10.6. The van der Waals surface area contributed by atoms with Crippen molar-refractivity contribution in [2.45, 2.75) is 63.2 Å². The van der Waals surface area contributed by atoms with Crippen molar-refractivity contribution in [2.75, 3.05) is 12.9 Å². The number of nitrogens with one attached hydrogen (secondary N) is 1. The monoisotopic (exact) mass is 534 g/mol. The van der Waals surface area contributed by atoms with Crippen LogP contribution in [0.15, 0.2) is 83.3 Å². The van der Waals surface area contributed by atoms with E-state index >= 15 is 0 Å². The molecule has 1 aliphatic rings. The van der Waals surface area contributed by atoms with Crippen LogP contribution in [0.2, 0.25) is 0 Å². The molecular formula is C30H35FN4O2S. The van der Waals surface area contributed by atoms with E-state index in [1.54, 1.807) is 24.9 Å². The molecule has 0 fully saturated rings. The highest BCUT2D eigenvalue weighted by molar-refractivity contribution is 7.99. The van der Waals surface area contributed by atoms with Crippen LogP contribution in [0.4, 0.5) is 4.39 Å². The summed E-state index contributed by atoms with van der Waals surface area (Å²) in [4.78, 5) is 12.4. The molecule has 1 N–H and O–H groups in total. The van der Waals surface area contributed by atoms with E-state index in [9.17, 15) is 9.18 Å². The normalized spacial score (nSPS) is 13.1. The molecule has 0 radical (unpaired) electrons. The van der Waals surface area contributed by atoms with Crippen molar-refractivity contribution >= 4 is 17.7 Å². The Morgan fingerprint density at radius 2 is 1.89 bits per heavy atom. The molecule has 0 unspecified atom stereocenters. The van der Waals surface area contributed by atoms with Crippen LogP contribution in [0.1, 0.15) is 49.1 Å². The molecule has 200 valence electrons. The minimum absolute atomic E-state index is 0.0227. The Hall–Kier alpha value is -3.39. The smallest absolute Gasteiger partial charge is 0.220 e. The van der Waals surface area contributed by atoms with Crippen molar-refractivity contribution in [1.82, 2.24) is 20.1 Å². The highest BCUT2D eigenvalue weighted by Gasteiger charge is 2.16. The lowest BCUT2D eigenvalue weighted by molar-refractivity contribution is -0.121. The third-order valence-electron chi connectivity index (χ3n) is 6.57. The number of para-hydroxylation sites is 1. The largest absolute Gasteiger partial charge is 0.496 e. The first-order valence-electron chi connectivity index (χ1n) is 13.2. The maximum atomic E-state index is 14.2. The van der Waals surface area contributed by atoms with E-state index < -0.39 is 0 Å². The SMILES string of the molecule is COc1ccccc1CNC(=O)CCCCc1nnc(SCC2=C(F)C=CCC2)n1CCc1ccccc1. The van der Waals surface area contributed by atoms with E-state index in [-0.39, 0.29) is 11.7 Å². The van der Waals surface area contributed by atoms with Crippen LogP contribution in [0.3, 0.4) is 0 Å². The Bertz CT molecular complexity index is 1260. The van der Waals surface area contributed by atoms with Crippen LogP contribution in [0, 0.1) is 0 Å². The summed E-state index contributed by atoms with van der Waals surface area (Å²) in [5.41, 5.74) is 3.04. The minimum atomic E-state index is -0.122. The number of halogens is 1. The van der Waals surface area contributed by atoms with Crippen molar-refractivity contribution in [1.29, 1.82) is 0 Å². The van der Waals surface area contributed by atoms with Gasteiger partial charge in [-0.3, -0.25) is 4.79 Å². The number of hydrogen-bond acceptors (Lipinski definition) is 5. The van der Waals surface area contributed by atoms with Crippen molar-refractivity contribution < 1.29 is 13.9 Å². The number of allylic oxidation sites excluding steroid dienone is 3. The molecule has 1 aromatic heterocycles. The number of aryl methyl sites for hydroxylation is 2. The van der Waals surface area contributed by atoms with Gasteiger partial charge in [0.15, 0.2) is 5.16 Å². The Balaban J connectivity index is 1.31. The number of ether oxygens (including phenoxy) is 1. The third kappa shape index (κ3) is 8.05. The fourth-order valence-electron chi connectivity index (χ4n) is 4.40. The number of aromatic nitrogens is 3. The van der Waals surface area contributed by atoms with Crippen LogP contribution >= 0.6 is 11.8 Å². The number of hydrogen-bond donors (Lipinski definition) is 1. The first-order valence-corrected chi connectivity index (χ1v) is 14.1. The van der Waals surface area contributed by atoms with E-state index in [1.165, 1.54) is 5.56 Å². The summed E-state index contributed by atoms with van der Waals surface area (Å²) in [6.45, 7) is 1.21. The van der Waals surface area contributed by atoms with Gasteiger partial charge in [0.25, 0.3) is 0 Å². The van der Waals surface area contributed by atoms with Crippen LogP contribution in [-0.2, 0) is 30.7 Å². The number of nitrogens with zero attached hydrogens (tertiary/aromatic N) is 3. The second-order valence-corrected chi connectivity index (χ2v) is 10.2. The molecule has 38 heavy (non-hydrogen) atoms. The molecular weight excluding hydrogens is 499 g/mol. The maximum absolute atomic E-state index is 14.2. The Morgan fingerprint density at radius 1 is 1.08 bits per heavy atom. The van der Waals surface area contributed by atoms with Gasteiger partial charge in [-0.15, -0.1) is 10.2 Å². The molecule has 0 saturated heterocycles. The van der Waals surface area contributed by atoms with E-state index in [0.29, 0.717) is 18.7 Å². The number of benzene rings is 2. The topological polar surface area (TPSA) is 69.0 Å². The number of unbranched alkanes of at least 4 members (excludes halogenated alkanes) is 1. The van der Waals surface area contributed by atoms with Gasteiger partial charge in [-0.25, -0.2) is 4.39 Å². The van der Waals surface area contributed by atoms with Crippen molar-refractivity contribution in [3.8, 4) is 5.75 Å². The van der Waals surface area contributed by atoms with Crippen molar-refractivity contribution in [2.24, 2.45) is 0 Å². The van der Waals surface area contributed by atoms with Crippen LogP contribution in [0.25, 0.3) is 0 Å². The first kappa shape index (κ1) is 27.6.